The van der Waals surface area contributed by atoms with Gasteiger partial charge < -0.3 is 9.94 Å². The van der Waals surface area contributed by atoms with Gasteiger partial charge in [0.15, 0.2) is 0 Å². The van der Waals surface area contributed by atoms with Gasteiger partial charge in [-0.05, 0) is 12.1 Å². The fourth-order valence-corrected chi connectivity index (χ4v) is 0.802. The first kappa shape index (κ1) is 8.52. The Morgan fingerprint density at radius 2 is 2.33 bits per heavy atom. The molecule has 0 unspecified atom stereocenters. The van der Waals surface area contributed by atoms with Crippen LogP contribution in [0.15, 0.2) is 23.4 Å². The fourth-order valence-electron chi connectivity index (χ4n) is 0.802. The summed E-state index contributed by atoms with van der Waals surface area (Å²) in [5.74, 6) is -0.0465. The van der Waals surface area contributed by atoms with E-state index in [1.54, 1.807) is 6.07 Å². The van der Waals surface area contributed by atoms with Gasteiger partial charge in [-0.1, -0.05) is 5.16 Å². The fraction of sp³-hybridized carbons (Fsp3) is 0.125. The van der Waals surface area contributed by atoms with Crippen molar-refractivity contribution >= 4 is 6.21 Å². The third-order valence-corrected chi connectivity index (χ3v) is 1.40. The Kier molecular flexibility index (Phi) is 2.63. The molecule has 1 N–H and O–H groups in total. The first-order valence-electron chi connectivity index (χ1n) is 3.29. The van der Waals surface area contributed by atoms with Crippen LogP contribution in [0.3, 0.4) is 0 Å². The van der Waals surface area contributed by atoms with Gasteiger partial charge in [-0.2, -0.15) is 0 Å². The molecular formula is C8H8FNO2. The highest BCUT2D eigenvalue weighted by Gasteiger charge is 2.00. The van der Waals surface area contributed by atoms with Gasteiger partial charge in [-0.15, -0.1) is 0 Å². The van der Waals surface area contributed by atoms with Gasteiger partial charge in [0, 0.05) is 11.6 Å². The van der Waals surface area contributed by atoms with Crippen LogP contribution in [0.2, 0.25) is 0 Å². The van der Waals surface area contributed by atoms with Crippen molar-refractivity contribution in [3.8, 4) is 5.75 Å². The van der Waals surface area contributed by atoms with Gasteiger partial charge in [0.05, 0.1) is 13.3 Å². The summed E-state index contributed by atoms with van der Waals surface area (Å²) in [4.78, 5) is 0. The van der Waals surface area contributed by atoms with Gasteiger partial charge in [-0.3, -0.25) is 0 Å². The summed E-state index contributed by atoms with van der Waals surface area (Å²) in [5.41, 5.74) is 0.221. The largest absolute Gasteiger partial charge is 0.497 e. The van der Waals surface area contributed by atoms with E-state index >= 15 is 0 Å². The van der Waals surface area contributed by atoms with Crippen LogP contribution >= 0.6 is 0 Å². The third-order valence-electron chi connectivity index (χ3n) is 1.40. The summed E-state index contributed by atoms with van der Waals surface area (Å²) in [6.07, 6.45) is 1.02. The summed E-state index contributed by atoms with van der Waals surface area (Å²) < 4.78 is 17.7. The SMILES string of the molecule is COc1ccc(C=NO)c(F)c1. The number of ether oxygens (including phenoxy) is 1. The van der Waals surface area contributed by atoms with E-state index in [0.717, 1.165) is 6.21 Å². The van der Waals surface area contributed by atoms with Gasteiger partial charge in [0.25, 0.3) is 0 Å². The molecule has 0 heterocycles. The quantitative estimate of drug-likeness (QED) is 0.415. The number of nitrogens with zero attached hydrogens (tertiary/aromatic N) is 1. The molecule has 0 fully saturated rings. The molecule has 1 aromatic rings. The topological polar surface area (TPSA) is 41.8 Å². The molecule has 1 rings (SSSR count). The average Bonchev–Trinajstić information content (AvgIpc) is 2.09. The maximum absolute atomic E-state index is 12.9. The summed E-state index contributed by atoms with van der Waals surface area (Å²) in [5, 5.41) is 10.9. The summed E-state index contributed by atoms with van der Waals surface area (Å²) in [7, 11) is 1.45. The van der Waals surface area contributed by atoms with Gasteiger partial charge in [0.1, 0.15) is 11.6 Å². The second-order valence-electron chi connectivity index (χ2n) is 2.13. The van der Waals surface area contributed by atoms with Crippen molar-refractivity contribution in [3.63, 3.8) is 0 Å². The molecule has 1 aromatic carbocycles. The molecule has 0 aromatic heterocycles. The smallest absolute Gasteiger partial charge is 0.135 e. The Morgan fingerprint density at radius 3 is 2.83 bits per heavy atom. The molecule has 0 saturated carbocycles. The van der Waals surface area contributed by atoms with Crippen molar-refractivity contribution in [3.05, 3.63) is 29.6 Å². The molecule has 0 spiro atoms. The minimum absolute atomic E-state index is 0.221. The number of hydrogen-bond donors (Lipinski definition) is 1. The number of oxime groups is 1. The maximum Gasteiger partial charge on any atom is 0.135 e. The molecule has 64 valence electrons. The Hall–Kier alpha value is -1.58. The second kappa shape index (κ2) is 3.71. The lowest BCUT2D eigenvalue weighted by Crippen LogP contribution is -1.90. The van der Waals surface area contributed by atoms with Crippen molar-refractivity contribution in [2.75, 3.05) is 7.11 Å². The van der Waals surface area contributed by atoms with Crippen LogP contribution in [0.5, 0.6) is 5.75 Å². The molecule has 0 bridgehead atoms. The lowest BCUT2D eigenvalue weighted by atomic mass is 10.2. The average molecular weight is 169 g/mol. The minimum Gasteiger partial charge on any atom is -0.497 e. The van der Waals surface area contributed by atoms with Crippen LogP contribution in [0, 0.1) is 5.82 Å². The van der Waals surface area contributed by atoms with Crippen LogP contribution in [0.1, 0.15) is 5.56 Å². The van der Waals surface area contributed by atoms with E-state index in [9.17, 15) is 4.39 Å². The first-order chi connectivity index (χ1) is 5.77. The van der Waals surface area contributed by atoms with E-state index in [0.29, 0.717) is 5.75 Å². The number of methoxy groups -OCH3 is 1. The minimum atomic E-state index is -0.479. The standard InChI is InChI=1S/C8H8FNO2/c1-12-7-3-2-6(5-10-11)8(9)4-7/h2-5,11H,1H3. The molecule has 0 aliphatic heterocycles. The highest BCUT2D eigenvalue weighted by Crippen LogP contribution is 2.14. The first-order valence-corrected chi connectivity index (χ1v) is 3.29. The van der Waals surface area contributed by atoms with E-state index in [4.69, 9.17) is 9.94 Å². The van der Waals surface area contributed by atoms with E-state index in [-0.39, 0.29) is 5.56 Å². The molecule has 4 heteroatoms. The van der Waals surface area contributed by atoms with Crippen molar-refractivity contribution < 1.29 is 14.3 Å². The third kappa shape index (κ3) is 1.72. The Morgan fingerprint density at radius 1 is 1.58 bits per heavy atom. The molecular weight excluding hydrogens is 161 g/mol. The van der Waals surface area contributed by atoms with Crippen LogP contribution in [-0.4, -0.2) is 18.5 Å². The van der Waals surface area contributed by atoms with Gasteiger partial charge in [-0.25, -0.2) is 4.39 Å². The monoisotopic (exact) mass is 169 g/mol. The molecule has 0 radical (unpaired) electrons. The number of rotatable bonds is 2. The summed E-state index contributed by atoms with van der Waals surface area (Å²) in [6, 6.07) is 4.27. The van der Waals surface area contributed by atoms with Gasteiger partial charge in [0.2, 0.25) is 0 Å². The Labute approximate surface area is 69.1 Å². The molecule has 0 aliphatic carbocycles. The zero-order valence-electron chi connectivity index (χ0n) is 6.49. The van der Waals surface area contributed by atoms with Gasteiger partial charge >= 0.3 is 0 Å². The van der Waals surface area contributed by atoms with E-state index < -0.39 is 5.82 Å². The normalized spacial score (nSPS) is 10.5. The molecule has 3 nitrogen and oxygen atoms in total. The number of halogens is 1. The number of hydrogen-bond acceptors (Lipinski definition) is 3. The molecule has 0 atom stereocenters. The maximum atomic E-state index is 12.9. The predicted octanol–water partition coefficient (Wildman–Crippen LogP) is 1.64. The van der Waals surface area contributed by atoms with Crippen molar-refractivity contribution in [2.45, 2.75) is 0 Å². The highest BCUT2D eigenvalue weighted by atomic mass is 19.1. The summed E-state index contributed by atoms with van der Waals surface area (Å²) in [6.45, 7) is 0. The van der Waals surface area contributed by atoms with E-state index in [2.05, 4.69) is 5.16 Å². The zero-order chi connectivity index (χ0) is 8.97. The van der Waals surface area contributed by atoms with Crippen molar-refractivity contribution in [2.24, 2.45) is 5.16 Å². The Bertz CT molecular complexity index is 299. The molecule has 12 heavy (non-hydrogen) atoms. The molecule has 0 aliphatic rings. The van der Waals surface area contributed by atoms with Crippen LogP contribution in [-0.2, 0) is 0 Å². The van der Waals surface area contributed by atoms with Crippen molar-refractivity contribution in [1.82, 2.24) is 0 Å². The lowest BCUT2D eigenvalue weighted by Gasteiger charge is -2.00. The molecule has 0 saturated heterocycles. The van der Waals surface area contributed by atoms with E-state index in [1.807, 2.05) is 0 Å². The van der Waals surface area contributed by atoms with Crippen LogP contribution in [0.4, 0.5) is 4.39 Å². The lowest BCUT2D eigenvalue weighted by molar-refractivity contribution is 0.321. The van der Waals surface area contributed by atoms with Crippen LogP contribution < -0.4 is 4.74 Å². The highest BCUT2D eigenvalue weighted by molar-refractivity contribution is 5.79. The zero-order valence-corrected chi connectivity index (χ0v) is 6.49. The predicted molar refractivity (Wildman–Crippen MR) is 42.3 cm³/mol. The second-order valence-corrected chi connectivity index (χ2v) is 2.13. The Balaban J connectivity index is 3.03. The summed E-state index contributed by atoms with van der Waals surface area (Å²) >= 11 is 0. The molecule has 0 amide bonds. The van der Waals surface area contributed by atoms with Crippen molar-refractivity contribution in [1.29, 1.82) is 0 Å². The van der Waals surface area contributed by atoms with E-state index in [1.165, 1.54) is 19.2 Å². The number of benzene rings is 1. The van der Waals surface area contributed by atoms with Crippen LogP contribution in [0.25, 0.3) is 0 Å².